The molecule has 0 aromatic carbocycles. The third-order valence-corrected chi connectivity index (χ3v) is 14.8. The van der Waals surface area contributed by atoms with Gasteiger partial charge in [-0.05, 0) is 96.3 Å². The second-order valence-corrected chi connectivity index (χ2v) is 22.1. The van der Waals surface area contributed by atoms with E-state index in [4.69, 9.17) is 4.74 Å². The molecule has 0 aliphatic carbocycles. The van der Waals surface area contributed by atoms with Crippen LogP contribution in [-0.4, -0.2) is 47.4 Å². The van der Waals surface area contributed by atoms with Crippen molar-refractivity contribution >= 4 is 11.9 Å². The molecule has 0 aliphatic heterocycles. The fourth-order valence-electron chi connectivity index (χ4n) is 9.75. The molecule has 0 fully saturated rings. The fraction of sp³-hybridized carbons (Fsp3) is 0.824. The molecule has 6 heteroatoms. The smallest absolute Gasteiger partial charge is 0.305 e. The molecule has 0 aromatic rings. The van der Waals surface area contributed by atoms with E-state index in [2.05, 4.69) is 67.8 Å². The van der Waals surface area contributed by atoms with Gasteiger partial charge in [0.25, 0.3) is 0 Å². The van der Waals surface area contributed by atoms with Crippen LogP contribution in [0.1, 0.15) is 335 Å². The average molecular weight is 1040 g/mol. The SMILES string of the molecule is CCCCC/C=C\C/C=C\CCCCCCCC(=O)OCCCCCCCCCCC/C=C\C/C=C\CCCCCCCCCCCCCCCCCCCC(=O)NC(CO)C(O)/C=C/CCCCCCCCC. The minimum absolute atomic E-state index is 0.000692. The van der Waals surface area contributed by atoms with Crippen LogP contribution in [0.25, 0.3) is 0 Å². The van der Waals surface area contributed by atoms with Crippen LogP contribution < -0.4 is 5.32 Å². The van der Waals surface area contributed by atoms with Crippen molar-refractivity contribution in [3.63, 3.8) is 0 Å². The Hall–Kier alpha value is -2.44. The summed E-state index contributed by atoms with van der Waals surface area (Å²) in [5.74, 6) is -0.0695. The predicted octanol–water partition coefficient (Wildman–Crippen LogP) is 20.7. The number of hydrogen-bond acceptors (Lipinski definition) is 5. The summed E-state index contributed by atoms with van der Waals surface area (Å²) in [5, 5.41) is 23.0. The van der Waals surface area contributed by atoms with Crippen molar-refractivity contribution in [2.75, 3.05) is 13.2 Å². The Morgan fingerprint density at radius 1 is 0.378 bits per heavy atom. The summed E-state index contributed by atoms with van der Waals surface area (Å²) < 4.78 is 5.48. The Morgan fingerprint density at radius 2 is 0.676 bits per heavy atom. The molecule has 0 heterocycles. The number of esters is 1. The lowest BCUT2D eigenvalue weighted by Crippen LogP contribution is -2.45. The first-order valence-electron chi connectivity index (χ1n) is 32.6. The molecule has 0 saturated carbocycles. The number of aliphatic hydroxyl groups excluding tert-OH is 2. The van der Waals surface area contributed by atoms with Crippen molar-refractivity contribution in [2.45, 2.75) is 347 Å². The van der Waals surface area contributed by atoms with Crippen LogP contribution >= 0.6 is 0 Å². The topological polar surface area (TPSA) is 95.9 Å². The summed E-state index contributed by atoms with van der Waals surface area (Å²) in [6.45, 7) is 4.85. The number of carbonyl (C=O) groups is 2. The van der Waals surface area contributed by atoms with Gasteiger partial charge in [-0.3, -0.25) is 9.59 Å². The van der Waals surface area contributed by atoms with Gasteiger partial charge in [-0.1, -0.05) is 286 Å². The Labute approximate surface area is 460 Å². The Kier molecular flexibility index (Phi) is 61.0. The number of allylic oxidation sites excluding steroid dienone is 9. The van der Waals surface area contributed by atoms with Crippen LogP contribution in [0.3, 0.4) is 0 Å². The molecule has 6 nitrogen and oxygen atoms in total. The van der Waals surface area contributed by atoms with Crippen LogP contribution in [0.2, 0.25) is 0 Å². The first-order chi connectivity index (χ1) is 36.5. The third kappa shape index (κ3) is 58.8. The van der Waals surface area contributed by atoms with E-state index in [-0.39, 0.29) is 18.5 Å². The van der Waals surface area contributed by atoms with Gasteiger partial charge in [-0.2, -0.15) is 0 Å². The van der Waals surface area contributed by atoms with Crippen LogP contribution in [0.4, 0.5) is 0 Å². The molecule has 3 N–H and O–H groups in total. The van der Waals surface area contributed by atoms with Crippen LogP contribution in [0.5, 0.6) is 0 Å². The van der Waals surface area contributed by atoms with Crippen LogP contribution in [0.15, 0.2) is 60.8 Å². The second-order valence-electron chi connectivity index (χ2n) is 22.1. The summed E-state index contributed by atoms with van der Waals surface area (Å²) >= 11 is 0. The normalized spacial score (nSPS) is 13.0. The van der Waals surface area contributed by atoms with Crippen LogP contribution in [-0.2, 0) is 14.3 Å². The third-order valence-electron chi connectivity index (χ3n) is 14.8. The predicted molar refractivity (Wildman–Crippen MR) is 324 cm³/mol. The molecule has 0 saturated heterocycles. The minimum atomic E-state index is -0.841. The second kappa shape index (κ2) is 63.1. The van der Waals surface area contributed by atoms with Gasteiger partial charge in [0.1, 0.15) is 0 Å². The van der Waals surface area contributed by atoms with E-state index in [1.165, 1.54) is 250 Å². The molecular weight excluding hydrogens is 911 g/mol. The van der Waals surface area contributed by atoms with E-state index in [1.54, 1.807) is 6.08 Å². The number of ether oxygens (including phenoxy) is 1. The summed E-state index contributed by atoms with van der Waals surface area (Å²) in [6, 6.07) is -0.625. The molecule has 432 valence electrons. The van der Waals surface area contributed by atoms with Crippen molar-refractivity contribution in [2.24, 2.45) is 0 Å². The zero-order valence-corrected chi connectivity index (χ0v) is 49.3. The van der Waals surface area contributed by atoms with E-state index in [1.807, 2.05) is 6.08 Å². The molecule has 2 unspecified atom stereocenters. The molecule has 0 spiro atoms. The molecule has 2 atom stereocenters. The highest BCUT2D eigenvalue weighted by Crippen LogP contribution is 2.17. The van der Waals surface area contributed by atoms with E-state index >= 15 is 0 Å². The summed E-state index contributed by atoms with van der Waals surface area (Å²) in [7, 11) is 0. The van der Waals surface area contributed by atoms with Gasteiger partial charge in [0.15, 0.2) is 0 Å². The summed E-state index contributed by atoms with van der Waals surface area (Å²) in [4.78, 5) is 24.4. The Balaban J connectivity index is 3.38. The van der Waals surface area contributed by atoms with Crippen molar-refractivity contribution in [3.8, 4) is 0 Å². The van der Waals surface area contributed by atoms with Crippen molar-refractivity contribution < 1.29 is 24.5 Å². The van der Waals surface area contributed by atoms with E-state index < -0.39 is 12.1 Å². The standard InChI is InChI=1S/C68H125NO5/c1-3-5-7-9-11-13-14-15-35-39-42-46-50-54-58-62-68(73)74-63-59-55-51-47-43-40-37-34-32-30-28-26-24-22-20-18-16-17-19-21-23-25-27-29-31-33-36-38-41-45-49-53-57-61-67(72)69-65(64-70)66(71)60-56-52-48-44-12-10-8-6-4-2/h11,13,15,20,22,26,28,35,56,60,65-66,70-71H,3-10,12,14,16-19,21,23-25,27,29-34,36-55,57-59,61-64H2,1-2H3,(H,69,72)/b13-11-,22-20-,28-26-,35-15-,60-56+. The minimum Gasteiger partial charge on any atom is -0.466 e. The zero-order chi connectivity index (χ0) is 53.6. The number of rotatable bonds is 60. The largest absolute Gasteiger partial charge is 0.466 e. The summed E-state index contributed by atoms with van der Waals surface area (Å²) in [5.41, 5.74) is 0. The molecule has 74 heavy (non-hydrogen) atoms. The number of amides is 1. The molecule has 0 bridgehead atoms. The van der Waals surface area contributed by atoms with Gasteiger partial charge in [0, 0.05) is 12.8 Å². The maximum absolute atomic E-state index is 12.4. The fourth-order valence-corrected chi connectivity index (χ4v) is 9.75. The number of aliphatic hydroxyl groups is 2. The Morgan fingerprint density at radius 3 is 1.05 bits per heavy atom. The Bertz CT molecular complexity index is 1290. The van der Waals surface area contributed by atoms with Gasteiger partial charge >= 0.3 is 5.97 Å². The molecule has 1 amide bonds. The first-order valence-corrected chi connectivity index (χ1v) is 32.6. The number of nitrogens with one attached hydrogen (secondary N) is 1. The first kappa shape index (κ1) is 71.6. The highest BCUT2D eigenvalue weighted by molar-refractivity contribution is 5.76. The van der Waals surface area contributed by atoms with Gasteiger partial charge < -0.3 is 20.3 Å². The summed E-state index contributed by atoms with van der Waals surface area (Å²) in [6.07, 6.45) is 83.0. The van der Waals surface area contributed by atoms with Gasteiger partial charge in [-0.25, -0.2) is 0 Å². The number of hydrogen-bond donors (Lipinski definition) is 3. The molecule has 0 aliphatic rings. The van der Waals surface area contributed by atoms with Crippen molar-refractivity contribution in [1.29, 1.82) is 0 Å². The highest BCUT2D eigenvalue weighted by atomic mass is 16.5. The van der Waals surface area contributed by atoms with E-state index in [0.717, 1.165) is 57.8 Å². The van der Waals surface area contributed by atoms with Gasteiger partial charge in [0.05, 0.1) is 25.4 Å². The maximum atomic E-state index is 12.4. The molecule has 0 rings (SSSR count). The quantitative estimate of drug-likeness (QED) is 0.0320. The monoisotopic (exact) mass is 1040 g/mol. The number of unbranched alkanes of at least 4 members (excludes halogenated alkanes) is 41. The van der Waals surface area contributed by atoms with E-state index in [9.17, 15) is 19.8 Å². The lowest BCUT2D eigenvalue weighted by atomic mass is 10.0. The lowest BCUT2D eigenvalue weighted by Gasteiger charge is -2.20. The van der Waals surface area contributed by atoms with E-state index in [0.29, 0.717) is 19.4 Å². The number of carbonyl (C=O) groups excluding carboxylic acids is 2. The lowest BCUT2D eigenvalue weighted by molar-refractivity contribution is -0.143. The highest BCUT2D eigenvalue weighted by Gasteiger charge is 2.18. The molecule has 0 aromatic heterocycles. The molecular formula is C68H125NO5. The molecule has 0 radical (unpaired) electrons. The van der Waals surface area contributed by atoms with Crippen LogP contribution in [0, 0.1) is 0 Å². The van der Waals surface area contributed by atoms with Gasteiger partial charge in [-0.15, -0.1) is 0 Å². The maximum Gasteiger partial charge on any atom is 0.305 e. The van der Waals surface area contributed by atoms with Crippen molar-refractivity contribution in [3.05, 3.63) is 60.8 Å². The van der Waals surface area contributed by atoms with Crippen molar-refractivity contribution in [1.82, 2.24) is 5.32 Å². The average Bonchev–Trinajstić information content (AvgIpc) is 3.40. The van der Waals surface area contributed by atoms with Gasteiger partial charge in [0.2, 0.25) is 5.91 Å². The zero-order valence-electron chi connectivity index (χ0n) is 49.3.